The second-order valence-corrected chi connectivity index (χ2v) is 10.8. The highest BCUT2D eigenvalue weighted by Crippen LogP contribution is 2.27. The van der Waals surface area contributed by atoms with Gasteiger partial charge >= 0.3 is 0 Å². The van der Waals surface area contributed by atoms with E-state index >= 15 is 0 Å². The third kappa shape index (κ3) is 5.66. The van der Waals surface area contributed by atoms with Crippen LogP contribution in [0.1, 0.15) is 41.7 Å². The van der Waals surface area contributed by atoms with E-state index in [0.29, 0.717) is 12.5 Å². The molecule has 1 aliphatic rings. The van der Waals surface area contributed by atoms with Crippen molar-refractivity contribution in [1.82, 2.24) is 14.5 Å². The molecule has 1 amide bonds. The molecule has 0 aromatic heterocycles. The minimum Gasteiger partial charge on any atom is -0.350 e. The summed E-state index contributed by atoms with van der Waals surface area (Å²) in [4.78, 5) is 15.4. The fourth-order valence-electron chi connectivity index (χ4n) is 3.81. The molecule has 1 saturated heterocycles. The maximum absolute atomic E-state index is 13.0. The van der Waals surface area contributed by atoms with Crippen LogP contribution >= 0.6 is 11.6 Å². The van der Waals surface area contributed by atoms with Crippen LogP contribution in [-0.2, 0) is 10.0 Å². The molecule has 1 fully saturated rings. The van der Waals surface area contributed by atoms with Crippen molar-refractivity contribution in [3.63, 3.8) is 0 Å². The minimum atomic E-state index is -3.66. The molecule has 1 aliphatic heterocycles. The zero-order valence-corrected chi connectivity index (χ0v) is 19.8. The molecule has 0 saturated carbocycles. The minimum absolute atomic E-state index is 0.0386. The van der Waals surface area contributed by atoms with Crippen LogP contribution < -0.4 is 5.32 Å². The summed E-state index contributed by atoms with van der Waals surface area (Å²) < 4.78 is 26.0. The number of carbonyl (C=O) groups excluding carboxylic acids is 1. The summed E-state index contributed by atoms with van der Waals surface area (Å²) in [6.07, 6.45) is 2.26. The van der Waals surface area contributed by atoms with Gasteiger partial charge in [-0.3, -0.25) is 9.69 Å². The van der Waals surface area contributed by atoms with Gasteiger partial charge in [0.25, 0.3) is 5.91 Å². The predicted molar refractivity (Wildman–Crippen MR) is 124 cm³/mol. The van der Waals surface area contributed by atoms with Crippen molar-refractivity contribution in [1.29, 1.82) is 0 Å². The number of piperidine rings is 1. The second kappa shape index (κ2) is 10.1. The lowest BCUT2D eigenvalue weighted by Crippen LogP contribution is -2.42. The summed E-state index contributed by atoms with van der Waals surface area (Å²) >= 11 is 6.24. The Morgan fingerprint density at radius 2 is 1.81 bits per heavy atom. The Bertz CT molecular complexity index is 1000. The number of rotatable bonds is 7. The molecule has 2 aromatic rings. The van der Waals surface area contributed by atoms with Gasteiger partial charge in [-0.2, -0.15) is 0 Å². The summed E-state index contributed by atoms with van der Waals surface area (Å²) in [6, 6.07) is 14.4. The van der Waals surface area contributed by atoms with Gasteiger partial charge in [0.05, 0.1) is 21.5 Å². The molecular formula is C23H30ClN3O3S. The van der Waals surface area contributed by atoms with Gasteiger partial charge in [-0.05, 0) is 55.6 Å². The van der Waals surface area contributed by atoms with E-state index in [0.717, 1.165) is 35.8 Å². The molecule has 1 N–H and O–H groups in total. The van der Waals surface area contributed by atoms with Gasteiger partial charge in [0.15, 0.2) is 0 Å². The number of nitrogens with zero attached hydrogens (tertiary/aromatic N) is 2. The molecule has 6 nitrogen and oxygen atoms in total. The molecule has 8 heteroatoms. The highest BCUT2D eigenvalue weighted by Gasteiger charge is 2.26. The molecule has 1 heterocycles. The molecule has 31 heavy (non-hydrogen) atoms. The van der Waals surface area contributed by atoms with Gasteiger partial charge in [0, 0.05) is 20.6 Å². The molecule has 168 valence electrons. The van der Waals surface area contributed by atoms with E-state index in [1.807, 2.05) is 18.2 Å². The van der Waals surface area contributed by atoms with Crippen LogP contribution in [0.2, 0.25) is 5.02 Å². The Balaban J connectivity index is 1.80. The molecule has 1 unspecified atom stereocenters. The number of amides is 1. The average Bonchev–Trinajstić information content (AvgIpc) is 2.75. The first-order chi connectivity index (χ1) is 14.7. The van der Waals surface area contributed by atoms with Crippen LogP contribution in [0.3, 0.4) is 0 Å². The van der Waals surface area contributed by atoms with E-state index in [1.165, 1.54) is 32.3 Å². The fraction of sp³-hybridized carbons (Fsp3) is 0.435. The Hall–Kier alpha value is -1.93. The third-order valence-corrected chi connectivity index (χ3v) is 8.00. The number of nitrogens with one attached hydrogen (secondary N) is 1. The maximum atomic E-state index is 13.0. The Morgan fingerprint density at radius 1 is 1.16 bits per heavy atom. The van der Waals surface area contributed by atoms with Crippen LogP contribution in [0.5, 0.6) is 0 Å². The average molecular weight is 464 g/mol. The molecule has 1 atom stereocenters. The van der Waals surface area contributed by atoms with Crippen LogP contribution in [0.25, 0.3) is 0 Å². The number of halogens is 1. The van der Waals surface area contributed by atoms with Gasteiger partial charge < -0.3 is 5.32 Å². The summed E-state index contributed by atoms with van der Waals surface area (Å²) in [5, 5.41) is 3.20. The lowest BCUT2D eigenvalue weighted by atomic mass is 9.95. The maximum Gasteiger partial charge on any atom is 0.252 e. The first kappa shape index (κ1) is 23.7. The fourth-order valence-corrected chi connectivity index (χ4v) is 4.94. The van der Waals surface area contributed by atoms with E-state index in [4.69, 9.17) is 11.6 Å². The first-order valence-electron chi connectivity index (χ1n) is 10.5. The molecule has 0 bridgehead atoms. The highest BCUT2D eigenvalue weighted by molar-refractivity contribution is 7.89. The van der Waals surface area contributed by atoms with E-state index < -0.39 is 10.0 Å². The molecule has 3 rings (SSSR count). The van der Waals surface area contributed by atoms with Crippen molar-refractivity contribution >= 4 is 27.5 Å². The van der Waals surface area contributed by atoms with Crippen molar-refractivity contribution in [2.24, 2.45) is 5.92 Å². The Morgan fingerprint density at radius 3 is 2.42 bits per heavy atom. The molecule has 2 aromatic carbocycles. The molecular weight excluding hydrogens is 434 g/mol. The van der Waals surface area contributed by atoms with Crippen molar-refractivity contribution < 1.29 is 13.2 Å². The van der Waals surface area contributed by atoms with Gasteiger partial charge in [-0.25, -0.2) is 12.7 Å². The number of carbonyl (C=O) groups is 1. The number of sulfonamides is 1. The van der Waals surface area contributed by atoms with Crippen LogP contribution in [0.4, 0.5) is 0 Å². The Labute approximate surface area is 190 Å². The van der Waals surface area contributed by atoms with E-state index in [-0.39, 0.29) is 27.4 Å². The topological polar surface area (TPSA) is 69.7 Å². The Kier molecular flexibility index (Phi) is 7.75. The lowest BCUT2D eigenvalue weighted by Gasteiger charge is -2.37. The highest BCUT2D eigenvalue weighted by atomic mass is 35.5. The normalized spacial score (nSPS) is 16.9. The summed E-state index contributed by atoms with van der Waals surface area (Å²) in [6.45, 7) is 4.65. The zero-order valence-electron chi connectivity index (χ0n) is 18.2. The summed E-state index contributed by atoms with van der Waals surface area (Å²) in [7, 11) is -0.756. The van der Waals surface area contributed by atoms with Crippen LogP contribution in [0, 0.1) is 5.92 Å². The number of benzene rings is 2. The van der Waals surface area contributed by atoms with Crippen LogP contribution in [0.15, 0.2) is 53.4 Å². The molecule has 0 spiro atoms. The monoisotopic (exact) mass is 463 g/mol. The largest absolute Gasteiger partial charge is 0.350 e. The van der Waals surface area contributed by atoms with Crippen molar-refractivity contribution in [3.05, 3.63) is 64.7 Å². The van der Waals surface area contributed by atoms with Crippen molar-refractivity contribution in [3.8, 4) is 0 Å². The van der Waals surface area contributed by atoms with Gasteiger partial charge in [0.1, 0.15) is 0 Å². The van der Waals surface area contributed by atoms with E-state index in [9.17, 15) is 13.2 Å². The van der Waals surface area contributed by atoms with Crippen molar-refractivity contribution in [2.75, 3.05) is 33.7 Å². The van der Waals surface area contributed by atoms with E-state index in [2.05, 4.69) is 29.3 Å². The zero-order chi connectivity index (χ0) is 22.6. The molecule has 0 radical (unpaired) electrons. The summed E-state index contributed by atoms with van der Waals surface area (Å²) in [5.74, 6) is 0.328. The van der Waals surface area contributed by atoms with Crippen molar-refractivity contribution in [2.45, 2.75) is 30.7 Å². The number of likely N-dealkylation sites (tertiary alicyclic amines) is 1. The number of hydrogen-bond acceptors (Lipinski definition) is 4. The summed E-state index contributed by atoms with van der Waals surface area (Å²) in [5.41, 5.74) is 1.30. The molecule has 0 aliphatic carbocycles. The van der Waals surface area contributed by atoms with E-state index in [1.54, 1.807) is 0 Å². The lowest BCUT2D eigenvalue weighted by molar-refractivity contribution is 0.0913. The third-order valence-electron chi connectivity index (χ3n) is 5.86. The first-order valence-corrected chi connectivity index (χ1v) is 12.3. The van der Waals surface area contributed by atoms with Gasteiger partial charge in [-0.15, -0.1) is 0 Å². The predicted octanol–water partition coefficient (Wildman–Crippen LogP) is 3.79. The quantitative estimate of drug-likeness (QED) is 0.678. The van der Waals surface area contributed by atoms with Gasteiger partial charge in [-0.1, -0.05) is 48.9 Å². The second-order valence-electron chi connectivity index (χ2n) is 8.28. The standard InChI is InChI=1S/C23H30ClN3O3S/c1-17-11-13-27(14-12-17)22(18-7-5-4-6-8-18)16-25-23(28)20-15-19(9-10-21(20)24)31(29,30)26(2)3/h4-10,15,17,22H,11-14,16H2,1-3H3,(H,25,28). The number of hydrogen-bond donors (Lipinski definition) is 1. The SMILES string of the molecule is CC1CCN(C(CNC(=O)c2cc(S(=O)(=O)N(C)C)ccc2Cl)c2ccccc2)CC1. The van der Waals surface area contributed by atoms with Crippen LogP contribution in [-0.4, -0.2) is 57.3 Å². The van der Waals surface area contributed by atoms with Gasteiger partial charge in [0.2, 0.25) is 10.0 Å². The smallest absolute Gasteiger partial charge is 0.252 e.